The lowest BCUT2D eigenvalue weighted by molar-refractivity contribution is 0.315. The lowest BCUT2D eigenvalue weighted by atomic mass is 10.2. The summed E-state index contributed by atoms with van der Waals surface area (Å²) in [4.78, 5) is 2.39. The fourth-order valence-electron chi connectivity index (χ4n) is 2.32. The molecule has 0 bridgehead atoms. The summed E-state index contributed by atoms with van der Waals surface area (Å²) in [6.45, 7) is 12.8. The maximum Gasteiger partial charge on any atom is 0.118 e. The molecule has 0 aliphatic rings. The Labute approximate surface area is 124 Å². The van der Waals surface area contributed by atoms with Crippen LogP contribution in [0.1, 0.15) is 57.1 Å². The van der Waals surface area contributed by atoms with Gasteiger partial charge in [-0.25, -0.2) is 0 Å². The second kappa shape index (κ2) is 9.19. The van der Waals surface area contributed by atoms with Gasteiger partial charge in [-0.05, 0) is 45.5 Å². The molecule has 116 valence electrons. The zero-order chi connectivity index (χ0) is 15.0. The predicted octanol–water partition coefficient (Wildman–Crippen LogP) is 3.96. The standard InChI is InChI=1S/C17H32N2O/c1-6-7-8-9-19(5)13-16-10-17(20-15(16)4)12-18-11-14(2)3/h10,14,18H,6-9,11-13H2,1-5H3. The molecule has 0 unspecified atom stereocenters. The van der Waals surface area contributed by atoms with E-state index in [4.69, 9.17) is 4.42 Å². The van der Waals surface area contributed by atoms with Crippen molar-refractivity contribution in [2.75, 3.05) is 20.1 Å². The summed E-state index contributed by atoms with van der Waals surface area (Å²) < 4.78 is 5.83. The molecule has 0 aliphatic carbocycles. The Kier molecular flexibility index (Phi) is 7.93. The molecule has 0 radical (unpaired) electrons. The van der Waals surface area contributed by atoms with Crippen LogP contribution in [0.15, 0.2) is 10.5 Å². The first-order valence-corrected chi connectivity index (χ1v) is 8.00. The molecule has 1 heterocycles. The first-order chi connectivity index (χ1) is 9.52. The van der Waals surface area contributed by atoms with Crippen LogP contribution in [-0.4, -0.2) is 25.0 Å². The average molecular weight is 280 g/mol. The Morgan fingerprint density at radius 3 is 2.70 bits per heavy atom. The van der Waals surface area contributed by atoms with Crippen LogP contribution in [-0.2, 0) is 13.1 Å². The molecular weight excluding hydrogens is 248 g/mol. The normalized spacial score (nSPS) is 11.8. The minimum absolute atomic E-state index is 0.676. The monoisotopic (exact) mass is 280 g/mol. The highest BCUT2D eigenvalue weighted by atomic mass is 16.3. The molecule has 3 heteroatoms. The van der Waals surface area contributed by atoms with Gasteiger partial charge in [-0.2, -0.15) is 0 Å². The van der Waals surface area contributed by atoms with E-state index in [2.05, 4.69) is 51.0 Å². The van der Waals surface area contributed by atoms with E-state index in [1.54, 1.807) is 0 Å². The predicted molar refractivity (Wildman–Crippen MR) is 85.8 cm³/mol. The summed E-state index contributed by atoms with van der Waals surface area (Å²) in [5.41, 5.74) is 1.32. The molecule has 0 saturated heterocycles. The Morgan fingerprint density at radius 2 is 2.05 bits per heavy atom. The lowest BCUT2D eigenvalue weighted by Gasteiger charge is -2.15. The lowest BCUT2D eigenvalue weighted by Crippen LogP contribution is -2.19. The van der Waals surface area contributed by atoms with Crippen molar-refractivity contribution in [2.45, 2.75) is 60.0 Å². The van der Waals surface area contributed by atoms with Gasteiger partial charge in [0.15, 0.2) is 0 Å². The molecule has 3 nitrogen and oxygen atoms in total. The van der Waals surface area contributed by atoms with Crippen molar-refractivity contribution >= 4 is 0 Å². The van der Waals surface area contributed by atoms with Gasteiger partial charge >= 0.3 is 0 Å². The highest BCUT2D eigenvalue weighted by Gasteiger charge is 2.09. The van der Waals surface area contributed by atoms with Crippen molar-refractivity contribution in [3.63, 3.8) is 0 Å². The summed E-state index contributed by atoms with van der Waals surface area (Å²) in [7, 11) is 2.19. The SMILES string of the molecule is CCCCCN(C)Cc1cc(CNCC(C)C)oc1C. The Morgan fingerprint density at radius 1 is 1.30 bits per heavy atom. The van der Waals surface area contributed by atoms with Crippen molar-refractivity contribution in [3.05, 3.63) is 23.2 Å². The third kappa shape index (κ3) is 6.58. The summed E-state index contributed by atoms with van der Waals surface area (Å²) in [6, 6.07) is 2.21. The first-order valence-electron chi connectivity index (χ1n) is 8.00. The third-order valence-corrected chi connectivity index (χ3v) is 3.51. The molecule has 0 atom stereocenters. The summed E-state index contributed by atoms with van der Waals surface area (Å²) in [5, 5.41) is 3.43. The van der Waals surface area contributed by atoms with Gasteiger partial charge in [0.2, 0.25) is 0 Å². The number of unbranched alkanes of at least 4 members (excludes halogenated alkanes) is 2. The molecule has 1 aromatic rings. The van der Waals surface area contributed by atoms with Crippen LogP contribution >= 0.6 is 0 Å². The van der Waals surface area contributed by atoms with Crippen LogP contribution in [0, 0.1) is 12.8 Å². The van der Waals surface area contributed by atoms with E-state index < -0.39 is 0 Å². The second-order valence-corrected chi connectivity index (χ2v) is 6.26. The van der Waals surface area contributed by atoms with Gasteiger partial charge in [0, 0.05) is 12.1 Å². The van der Waals surface area contributed by atoms with Gasteiger partial charge in [-0.15, -0.1) is 0 Å². The van der Waals surface area contributed by atoms with Gasteiger partial charge in [0.25, 0.3) is 0 Å². The molecule has 0 amide bonds. The van der Waals surface area contributed by atoms with Crippen LogP contribution in [0.3, 0.4) is 0 Å². The van der Waals surface area contributed by atoms with Crippen molar-refractivity contribution < 1.29 is 4.42 Å². The average Bonchev–Trinajstić information content (AvgIpc) is 2.70. The topological polar surface area (TPSA) is 28.4 Å². The fourth-order valence-corrected chi connectivity index (χ4v) is 2.32. The van der Waals surface area contributed by atoms with Crippen LogP contribution in [0.2, 0.25) is 0 Å². The van der Waals surface area contributed by atoms with Gasteiger partial charge < -0.3 is 14.6 Å². The van der Waals surface area contributed by atoms with E-state index in [0.717, 1.165) is 31.2 Å². The minimum Gasteiger partial charge on any atom is -0.465 e. The van der Waals surface area contributed by atoms with E-state index in [9.17, 15) is 0 Å². The van der Waals surface area contributed by atoms with Crippen LogP contribution in [0.5, 0.6) is 0 Å². The molecule has 0 spiro atoms. The number of hydrogen-bond donors (Lipinski definition) is 1. The summed E-state index contributed by atoms with van der Waals surface area (Å²) in [5.74, 6) is 2.80. The molecule has 0 saturated carbocycles. The molecule has 1 N–H and O–H groups in total. The zero-order valence-electron chi connectivity index (χ0n) is 14.0. The Bertz CT molecular complexity index is 371. The number of furan rings is 1. The van der Waals surface area contributed by atoms with Gasteiger partial charge in [-0.3, -0.25) is 0 Å². The molecule has 0 fully saturated rings. The zero-order valence-corrected chi connectivity index (χ0v) is 14.0. The van der Waals surface area contributed by atoms with E-state index in [0.29, 0.717) is 5.92 Å². The third-order valence-electron chi connectivity index (χ3n) is 3.51. The van der Waals surface area contributed by atoms with Gasteiger partial charge in [0.05, 0.1) is 6.54 Å². The maximum absolute atomic E-state index is 5.83. The summed E-state index contributed by atoms with van der Waals surface area (Å²) in [6.07, 6.45) is 3.88. The van der Waals surface area contributed by atoms with Crippen molar-refractivity contribution in [1.29, 1.82) is 0 Å². The fraction of sp³-hybridized carbons (Fsp3) is 0.765. The van der Waals surface area contributed by atoms with Gasteiger partial charge in [0.1, 0.15) is 11.5 Å². The van der Waals surface area contributed by atoms with E-state index in [-0.39, 0.29) is 0 Å². The molecule has 1 rings (SSSR count). The van der Waals surface area contributed by atoms with Gasteiger partial charge in [-0.1, -0.05) is 33.6 Å². The Balaban J connectivity index is 2.40. The van der Waals surface area contributed by atoms with Crippen LogP contribution in [0.4, 0.5) is 0 Å². The second-order valence-electron chi connectivity index (χ2n) is 6.26. The highest BCUT2D eigenvalue weighted by Crippen LogP contribution is 2.16. The molecular formula is C17H32N2O. The largest absolute Gasteiger partial charge is 0.465 e. The van der Waals surface area contributed by atoms with Crippen molar-refractivity contribution in [2.24, 2.45) is 5.92 Å². The van der Waals surface area contributed by atoms with Crippen molar-refractivity contribution in [1.82, 2.24) is 10.2 Å². The first kappa shape index (κ1) is 17.3. The quantitative estimate of drug-likeness (QED) is 0.658. The van der Waals surface area contributed by atoms with E-state index >= 15 is 0 Å². The Hall–Kier alpha value is -0.800. The molecule has 1 aromatic heterocycles. The van der Waals surface area contributed by atoms with E-state index in [1.165, 1.54) is 31.4 Å². The maximum atomic E-state index is 5.83. The number of rotatable bonds is 10. The molecule has 0 aliphatic heterocycles. The van der Waals surface area contributed by atoms with E-state index in [1.807, 2.05) is 0 Å². The van der Waals surface area contributed by atoms with Crippen molar-refractivity contribution in [3.8, 4) is 0 Å². The summed E-state index contributed by atoms with van der Waals surface area (Å²) >= 11 is 0. The highest BCUT2D eigenvalue weighted by molar-refractivity contribution is 5.20. The smallest absolute Gasteiger partial charge is 0.118 e. The molecule has 0 aromatic carbocycles. The number of nitrogens with one attached hydrogen (secondary N) is 1. The van der Waals surface area contributed by atoms with Crippen LogP contribution < -0.4 is 5.32 Å². The number of hydrogen-bond acceptors (Lipinski definition) is 3. The van der Waals surface area contributed by atoms with Crippen LogP contribution in [0.25, 0.3) is 0 Å². The number of aryl methyl sites for hydroxylation is 1. The minimum atomic E-state index is 0.676. The number of nitrogens with zero attached hydrogens (tertiary/aromatic N) is 1. The molecule has 20 heavy (non-hydrogen) atoms.